The maximum absolute atomic E-state index is 12.4. The van der Waals surface area contributed by atoms with Crippen molar-refractivity contribution in [2.45, 2.75) is 37.7 Å². The van der Waals surface area contributed by atoms with Gasteiger partial charge in [0, 0.05) is 12.6 Å². The van der Waals surface area contributed by atoms with E-state index >= 15 is 0 Å². The molecule has 3 rings (SSSR count). The number of carbonyl (C=O) groups is 1. The van der Waals surface area contributed by atoms with Crippen molar-refractivity contribution < 1.29 is 13.7 Å². The van der Waals surface area contributed by atoms with Crippen molar-refractivity contribution in [3.8, 4) is 11.4 Å². The number of anilines is 1. The molecule has 3 aromatic heterocycles. The molecule has 0 saturated carbocycles. The van der Waals surface area contributed by atoms with Crippen LogP contribution in [0.3, 0.4) is 0 Å². The van der Waals surface area contributed by atoms with E-state index in [2.05, 4.69) is 27.2 Å². The fourth-order valence-electron chi connectivity index (χ4n) is 2.35. The number of nitrogens with zero attached hydrogens (tertiary/aromatic N) is 4. The number of furan rings is 1. The van der Waals surface area contributed by atoms with Gasteiger partial charge in [-0.15, -0.1) is 16.8 Å². The van der Waals surface area contributed by atoms with Gasteiger partial charge in [-0.05, 0) is 26.8 Å². The van der Waals surface area contributed by atoms with Crippen LogP contribution in [0.15, 0.2) is 45.1 Å². The molecule has 1 N–H and O–H groups in total. The van der Waals surface area contributed by atoms with Crippen molar-refractivity contribution in [3.63, 3.8) is 0 Å². The van der Waals surface area contributed by atoms with E-state index in [1.807, 2.05) is 17.6 Å². The minimum atomic E-state index is -0.405. The smallest absolute Gasteiger partial charge is 0.238 e. The Balaban J connectivity index is 1.78. The van der Waals surface area contributed by atoms with Crippen LogP contribution >= 0.6 is 11.8 Å². The van der Waals surface area contributed by atoms with Gasteiger partial charge in [-0.1, -0.05) is 23.0 Å². The molecule has 1 unspecified atom stereocenters. The average Bonchev–Trinajstić information content (AvgIpc) is 3.30. The number of rotatable bonds is 7. The van der Waals surface area contributed by atoms with Gasteiger partial charge in [0.1, 0.15) is 11.5 Å². The summed E-state index contributed by atoms with van der Waals surface area (Å²) in [6, 6.07) is 3.51. The van der Waals surface area contributed by atoms with E-state index in [0.29, 0.717) is 29.1 Å². The van der Waals surface area contributed by atoms with Crippen molar-refractivity contribution >= 4 is 23.5 Å². The first kappa shape index (κ1) is 18.0. The Morgan fingerprint density at radius 1 is 1.46 bits per heavy atom. The van der Waals surface area contributed by atoms with Gasteiger partial charge >= 0.3 is 0 Å². The van der Waals surface area contributed by atoms with Crippen molar-refractivity contribution in [1.29, 1.82) is 0 Å². The lowest BCUT2D eigenvalue weighted by Crippen LogP contribution is -2.23. The first-order valence-electron chi connectivity index (χ1n) is 7.99. The third-order valence-electron chi connectivity index (χ3n) is 3.66. The monoisotopic (exact) mass is 373 g/mol. The fourth-order valence-corrected chi connectivity index (χ4v) is 3.21. The Morgan fingerprint density at radius 2 is 2.27 bits per heavy atom. The van der Waals surface area contributed by atoms with Crippen LogP contribution in [0, 0.1) is 13.8 Å². The summed E-state index contributed by atoms with van der Waals surface area (Å²) >= 11 is 1.31. The van der Waals surface area contributed by atoms with Gasteiger partial charge in [0.2, 0.25) is 5.91 Å². The summed E-state index contributed by atoms with van der Waals surface area (Å²) in [5, 5.41) is 15.2. The Hall–Kier alpha value is -2.81. The number of carbonyl (C=O) groups excluding carboxylic acids is 1. The van der Waals surface area contributed by atoms with Gasteiger partial charge in [-0.2, -0.15) is 0 Å². The summed E-state index contributed by atoms with van der Waals surface area (Å²) in [6.45, 7) is 9.73. The average molecular weight is 373 g/mol. The maximum Gasteiger partial charge on any atom is 0.238 e. The number of hydrogen-bond acceptors (Lipinski definition) is 7. The van der Waals surface area contributed by atoms with Crippen LogP contribution < -0.4 is 5.32 Å². The lowest BCUT2D eigenvalue weighted by Gasteiger charge is -2.11. The molecule has 0 aromatic carbocycles. The Kier molecular flexibility index (Phi) is 5.27. The lowest BCUT2D eigenvalue weighted by atomic mass is 10.2. The standard InChI is InChI=1S/C17H19N5O3S/c1-5-7-22-15(13-6-8-24-11(13)3)19-20-17(22)26-12(4)16(23)18-14-9-10(2)25-21-14/h5-6,8-9,12H,1,7H2,2-4H3,(H,18,21,23). The fraction of sp³-hybridized carbons (Fsp3) is 0.294. The van der Waals surface area contributed by atoms with E-state index in [1.165, 1.54) is 11.8 Å². The number of nitrogens with one attached hydrogen (secondary N) is 1. The molecule has 0 fully saturated rings. The molecule has 0 radical (unpaired) electrons. The third kappa shape index (κ3) is 3.72. The van der Waals surface area contributed by atoms with Gasteiger partial charge in [-0.25, -0.2) is 0 Å². The van der Waals surface area contributed by atoms with E-state index in [4.69, 9.17) is 8.94 Å². The highest BCUT2D eigenvalue weighted by Crippen LogP contribution is 2.29. The zero-order valence-electron chi connectivity index (χ0n) is 14.7. The van der Waals surface area contributed by atoms with Crippen LogP contribution in [0.1, 0.15) is 18.4 Å². The molecule has 8 nitrogen and oxygen atoms in total. The van der Waals surface area contributed by atoms with Gasteiger partial charge in [-0.3, -0.25) is 9.36 Å². The predicted octanol–water partition coefficient (Wildman–Crippen LogP) is 3.45. The summed E-state index contributed by atoms with van der Waals surface area (Å²) in [6.07, 6.45) is 3.37. The molecule has 1 atom stereocenters. The molecule has 136 valence electrons. The number of allylic oxidation sites excluding steroid dienone is 1. The molecule has 3 heterocycles. The first-order valence-corrected chi connectivity index (χ1v) is 8.87. The first-order chi connectivity index (χ1) is 12.5. The third-order valence-corrected chi connectivity index (χ3v) is 4.74. The van der Waals surface area contributed by atoms with Gasteiger partial charge in [0.25, 0.3) is 0 Å². The molecule has 0 aliphatic rings. The minimum absolute atomic E-state index is 0.197. The van der Waals surface area contributed by atoms with E-state index < -0.39 is 5.25 Å². The van der Waals surface area contributed by atoms with Crippen LogP contribution in [0.2, 0.25) is 0 Å². The predicted molar refractivity (Wildman–Crippen MR) is 97.8 cm³/mol. The van der Waals surface area contributed by atoms with Crippen LogP contribution in [0.5, 0.6) is 0 Å². The van der Waals surface area contributed by atoms with Crippen LogP contribution in [-0.2, 0) is 11.3 Å². The quantitative estimate of drug-likeness (QED) is 0.500. The van der Waals surface area contributed by atoms with Crippen LogP contribution in [0.4, 0.5) is 5.82 Å². The molecule has 0 bridgehead atoms. The van der Waals surface area contributed by atoms with E-state index in [9.17, 15) is 4.79 Å². The Labute approximate surface area is 154 Å². The molecular formula is C17H19N5O3S. The highest BCUT2D eigenvalue weighted by Gasteiger charge is 2.22. The second kappa shape index (κ2) is 7.61. The van der Waals surface area contributed by atoms with E-state index in [1.54, 1.807) is 32.3 Å². The molecule has 0 saturated heterocycles. The SMILES string of the molecule is C=CCn1c(SC(C)C(=O)Nc2cc(C)on2)nnc1-c1ccoc1C. The normalized spacial score (nSPS) is 12.1. The molecule has 0 aliphatic heterocycles. The summed E-state index contributed by atoms with van der Waals surface area (Å²) < 4.78 is 12.2. The number of thioether (sulfide) groups is 1. The molecule has 3 aromatic rings. The number of hydrogen-bond donors (Lipinski definition) is 1. The van der Waals surface area contributed by atoms with E-state index in [-0.39, 0.29) is 5.91 Å². The molecule has 9 heteroatoms. The highest BCUT2D eigenvalue weighted by molar-refractivity contribution is 8.00. The number of amides is 1. The highest BCUT2D eigenvalue weighted by atomic mass is 32.2. The number of aromatic nitrogens is 4. The molecule has 26 heavy (non-hydrogen) atoms. The van der Waals surface area contributed by atoms with Gasteiger partial charge in [0.15, 0.2) is 16.8 Å². The minimum Gasteiger partial charge on any atom is -0.469 e. The second-order valence-electron chi connectivity index (χ2n) is 5.67. The van der Waals surface area contributed by atoms with E-state index in [0.717, 1.165) is 11.3 Å². The lowest BCUT2D eigenvalue weighted by molar-refractivity contribution is -0.115. The van der Waals surface area contributed by atoms with Crippen molar-refractivity contribution in [3.05, 3.63) is 42.6 Å². The number of aryl methyl sites for hydroxylation is 2. The van der Waals surface area contributed by atoms with Crippen molar-refractivity contribution in [1.82, 2.24) is 19.9 Å². The molecule has 0 spiro atoms. The van der Waals surface area contributed by atoms with Gasteiger partial charge < -0.3 is 14.3 Å². The van der Waals surface area contributed by atoms with Crippen LogP contribution in [0.25, 0.3) is 11.4 Å². The topological polar surface area (TPSA) is 99.0 Å². The van der Waals surface area contributed by atoms with Gasteiger partial charge in [0.05, 0.1) is 17.1 Å². The second-order valence-corrected chi connectivity index (χ2v) is 6.98. The Morgan fingerprint density at radius 3 is 2.88 bits per heavy atom. The largest absolute Gasteiger partial charge is 0.469 e. The zero-order chi connectivity index (χ0) is 18.7. The maximum atomic E-state index is 12.4. The van der Waals surface area contributed by atoms with Crippen LogP contribution in [-0.4, -0.2) is 31.1 Å². The summed E-state index contributed by atoms with van der Waals surface area (Å²) in [4.78, 5) is 12.4. The zero-order valence-corrected chi connectivity index (χ0v) is 15.5. The summed E-state index contributed by atoms with van der Waals surface area (Å²) in [5.74, 6) is 2.26. The summed E-state index contributed by atoms with van der Waals surface area (Å²) in [5.41, 5.74) is 0.862. The van der Waals surface area contributed by atoms with Crippen molar-refractivity contribution in [2.75, 3.05) is 5.32 Å². The van der Waals surface area contributed by atoms with Crippen molar-refractivity contribution in [2.24, 2.45) is 0 Å². The molecular weight excluding hydrogens is 354 g/mol. The molecule has 1 amide bonds. The molecule has 0 aliphatic carbocycles. The summed E-state index contributed by atoms with van der Waals surface area (Å²) in [7, 11) is 0. The Bertz CT molecular complexity index is 927.